The molecule has 0 saturated heterocycles. The molecule has 0 bridgehead atoms. The largest absolute Gasteiger partial charge is 0.497 e. The van der Waals surface area contributed by atoms with Gasteiger partial charge in [-0.3, -0.25) is 4.72 Å². The van der Waals surface area contributed by atoms with E-state index in [0.29, 0.717) is 18.1 Å². The maximum absolute atomic E-state index is 12.4. The smallest absolute Gasteiger partial charge is 0.263 e. The Morgan fingerprint density at radius 3 is 2.52 bits per heavy atom. The number of methoxy groups -OCH3 is 1. The van der Waals surface area contributed by atoms with E-state index >= 15 is 0 Å². The van der Waals surface area contributed by atoms with Crippen molar-refractivity contribution >= 4 is 15.8 Å². The van der Waals surface area contributed by atoms with Crippen molar-refractivity contribution in [3.8, 4) is 5.75 Å². The number of rotatable bonds is 6. The second-order valence-electron chi connectivity index (χ2n) is 4.68. The molecule has 1 heterocycles. The quantitative estimate of drug-likeness (QED) is 0.889. The highest BCUT2D eigenvalue weighted by Crippen LogP contribution is 2.20. The summed E-state index contributed by atoms with van der Waals surface area (Å²) in [6.45, 7) is 4.50. The molecule has 0 unspecified atom stereocenters. The lowest BCUT2D eigenvalue weighted by Crippen LogP contribution is -2.16. The molecular formula is C14H19N3O3S. The van der Waals surface area contributed by atoms with Gasteiger partial charge in [-0.1, -0.05) is 6.92 Å². The fourth-order valence-corrected chi connectivity index (χ4v) is 3.01. The molecule has 21 heavy (non-hydrogen) atoms. The summed E-state index contributed by atoms with van der Waals surface area (Å²) in [5.41, 5.74) is 0.774. The Hall–Kier alpha value is -2.02. The Balaban J connectivity index is 2.28. The maximum atomic E-state index is 12.4. The van der Waals surface area contributed by atoms with Crippen LogP contribution in [0.1, 0.15) is 19.0 Å². The summed E-state index contributed by atoms with van der Waals surface area (Å²) in [4.78, 5) is 0.185. The molecule has 114 valence electrons. The number of aromatic nitrogens is 2. The lowest BCUT2D eigenvalue weighted by Gasteiger charge is -2.10. The van der Waals surface area contributed by atoms with Crippen molar-refractivity contribution in [1.29, 1.82) is 0 Å². The van der Waals surface area contributed by atoms with Gasteiger partial charge in [-0.05, 0) is 37.6 Å². The molecule has 6 nitrogen and oxygen atoms in total. The van der Waals surface area contributed by atoms with Crippen LogP contribution >= 0.6 is 0 Å². The third-order valence-corrected chi connectivity index (χ3v) is 4.32. The second kappa shape index (κ2) is 6.17. The van der Waals surface area contributed by atoms with Crippen LogP contribution in [0.2, 0.25) is 0 Å². The van der Waals surface area contributed by atoms with E-state index < -0.39 is 10.0 Å². The first-order chi connectivity index (χ1) is 9.96. The number of hydrogen-bond acceptors (Lipinski definition) is 4. The fraction of sp³-hybridized carbons (Fsp3) is 0.357. The van der Waals surface area contributed by atoms with Crippen molar-refractivity contribution in [3.05, 3.63) is 36.0 Å². The molecule has 0 radical (unpaired) electrons. The van der Waals surface area contributed by atoms with E-state index in [1.54, 1.807) is 22.9 Å². The second-order valence-corrected chi connectivity index (χ2v) is 6.36. The Kier molecular flexibility index (Phi) is 4.52. The third-order valence-electron chi connectivity index (χ3n) is 2.95. The molecule has 0 amide bonds. The van der Waals surface area contributed by atoms with Gasteiger partial charge in [0.1, 0.15) is 11.6 Å². The van der Waals surface area contributed by atoms with Crippen molar-refractivity contribution < 1.29 is 13.2 Å². The maximum Gasteiger partial charge on any atom is 0.263 e. The van der Waals surface area contributed by atoms with Crippen molar-refractivity contribution in [3.63, 3.8) is 0 Å². The molecule has 2 rings (SSSR count). The highest BCUT2D eigenvalue weighted by atomic mass is 32.2. The number of ether oxygens (including phenoxy) is 1. The predicted octanol–water partition coefficient (Wildman–Crippen LogP) is 2.41. The van der Waals surface area contributed by atoms with Crippen molar-refractivity contribution in [2.24, 2.45) is 0 Å². The van der Waals surface area contributed by atoms with Gasteiger partial charge in [0, 0.05) is 12.6 Å². The third kappa shape index (κ3) is 3.55. The summed E-state index contributed by atoms with van der Waals surface area (Å²) in [5.74, 6) is 1.09. The lowest BCUT2D eigenvalue weighted by atomic mass is 10.3. The predicted molar refractivity (Wildman–Crippen MR) is 81.1 cm³/mol. The summed E-state index contributed by atoms with van der Waals surface area (Å²) in [6, 6.07) is 7.96. The number of hydrogen-bond donors (Lipinski definition) is 1. The molecule has 0 aliphatic carbocycles. The van der Waals surface area contributed by atoms with E-state index in [1.807, 2.05) is 13.8 Å². The van der Waals surface area contributed by atoms with Gasteiger partial charge in [0.25, 0.3) is 10.0 Å². The molecule has 0 fully saturated rings. The van der Waals surface area contributed by atoms with Crippen molar-refractivity contribution in [2.45, 2.75) is 31.7 Å². The summed E-state index contributed by atoms with van der Waals surface area (Å²) in [6.07, 6.45) is 0.873. The Labute approximate surface area is 124 Å². The highest BCUT2D eigenvalue weighted by Gasteiger charge is 2.17. The van der Waals surface area contributed by atoms with Crippen LogP contribution in [0.3, 0.4) is 0 Å². The van der Waals surface area contributed by atoms with E-state index in [-0.39, 0.29) is 4.90 Å². The van der Waals surface area contributed by atoms with E-state index in [2.05, 4.69) is 9.82 Å². The Morgan fingerprint density at radius 1 is 1.29 bits per heavy atom. The number of benzene rings is 1. The first-order valence-electron chi connectivity index (χ1n) is 6.67. The highest BCUT2D eigenvalue weighted by molar-refractivity contribution is 7.92. The molecule has 1 N–H and O–H groups in total. The van der Waals surface area contributed by atoms with Crippen LogP contribution in [-0.2, 0) is 16.6 Å². The molecule has 7 heteroatoms. The number of nitrogens with one attached hydrogen (secondary N) is 1. The average molecular weight is 309 g/mol. The number of nitrogens with zero attached hydrogens (tertiary/aromatic N) is 2. The van der Waals surface area contributed by atoms with Crippen LogP contribution in [0.25, 0.3) is 0 Å². The zero-order chi connectivity index (χ0) is 15.5. The minimum atomic E-state index is -3.63. The van der Waals surface area contributed by atoms with Crippen LogP contribution in [0.15, 0.2) is 35.2 Å². The first-order valence-corrected chi connectivity index (χ1v) is 8.16. The topological polar surface area (TPSA) is 73.2 Å². The van der Waals surface area contributed by atoms with Gasteiger partial charge in [0.15, 0.2) is 0 Å². The van der Waals surface area contributed by atoms with Crippen LogP contribution in [0, 0.1) is 6.92 Å². The molecular weight excluding hydrogens is 290 g/mol. The van der Waals surface area contributed by atoms with Crippen molar-refractivity contribution in [2.75, 3.05) is 11.8 Å². The van der Waals surface area contributed by atoms with Crippen LogP contribution in [0.4, 0.5) is 5.82 Å². The van der Waals surface area contributed by atoms with E-state index in [1.165, 1.54) is 19.2 Å². The van der Waals surface area contributed by atoms with Crippen LogP contribution in [0.5, 0.6) is 5.75 Å². The van der Waals surface area contributed by atoms with Gasteiger partial charge in [-0.2, -0.15) is 5.10 Å². The SMILES string of the molecule is CCCn1nc(C)cc1NS(=O)(=O)c1ccc(OC)cc1. The number of aryl methyl sites for hydroxylation is 2. The summed E-state index contributed by atoms with van der Waals surface area (Å²) in [5, 5.41) is 4.28. The van der Waals surface area contributed by atoms with Crippen LogP contribution < -0.4 is 9.46 Å². The lowest BCUT2D eigenvalue weighted by molar-refractivity contribution is 0.414. The first kappa shape index (κ1) is 15.4. The molecule has 0 saturated carbocycles. The van der Waals surface area contributed by atoms with E-state index in [9.17, 15) is 8.42 Å². The zero-order valence-electron chi connectivity index (χ0n) is 12.3. The normalized spacial score (nSPS) is 11.4. The average Bonchev–Trinajstić information content (AvgIpc) is 2.78. The monoisotopic (exact) mass is 309 g/mol. The summed E-state index contributed by atoms with van der Waals surface area (Å²) < 4.78 is 34.0. The van der Waals surface area contributed by atoms with Crippen molar-refractivity contribution in [1.82, 2.24) is 9.78 Å². The number of anilines is 1. The molecule has 2 aromatic rings. The molecule has 0 atom stereocenters. The van der Waals surface area contributed by atoms with Gasteiger partial charge in [-0.15, -0.1) is 0 Å². The Bertz CT molecular complexity index is 706. The van der Waals surface area contributed by atoms with E-state index in [0.717, 1.165) is 12.1 Å². The number of sulfonamides is 1. The molecule has 0 spiro atoms. The molecule has 1 aromatic carbocycles. The Morgan fingerprint density at radius 2 is 1.95 bits per heavy atom. The van der Waals surface area contributed by atoms with Gasteiger partial charge < -0.3 is 4.74 Å². The van der Waals surface area contributed by atoms with Gasteiger partial charge >= 0.3 is 0 Å². The van der Waals surface area contributed by atoms with Gasteiger partial charge in [0.05, 0.1) is 17.7 Å². The van der Waals surface area contributed by atoms with Gasteiger partial charge in [-0.25, -0.2) is 13.1 Å². The van der Waals surface area contributed by atoms with E-state index in [4.69, 9.17) is 4.74 Å². The molecule has 1 aromatic heterocycles. The fourth-order valence-electron chi connectivity index (χ4n) is 1.96. The minimum Gasteiger partial charge on any atom is -0.497 e. The minimum absolute atomic E-state index is 0.185. The summed E-state index contributed by atoms with van der Waals surface area (Å²) in [7, 11) is -2.10. The molecule has 0 aliphatic heterocycles. The van der Waals surface area contributed by atoms with Gasteiger partial charge in [0.2, 0.25) is 0 Å². The van der Waals surface area contributed by atoms with Crippen LogP contribution in [-0.4, -0.2) is 25.3 Å². The molecule has 0 aliphatic rings. The zero-order valence-corrected chi connectivity index (χ0v) is 13.1. The standard InChI is InChI=1S/C14H19N3O3S/c1-4-9-17-14(10-11(2)15-17)16-21(18,19)13-7-5-12(20-3)6-8-13/h5-8,10,16H,4,9H2,1-3H3. The summed E-state index contributed by atoms with van der Waals surface area (Å²) >= 11 is 0.